The molecule has 1 atom stereocenters. The number of halogens is 3. The van der Waals surface area contributed by atoms with Crippen LogP contribution in [0, 0.1) is 5.82 Å². The highest BCUT2D eigenvalue weighted by Gasteiger charge is 2.15. The summed E-state index contributed by atoms with van der Waals surface area (Å²) in [5.41, 5.74) is 0.157. The molecule has 0 heterocycles. The van der Waals surface area contributed by atoms with E-state index in [-0.39, 0.29) is 22.5 Å². The molecule has 0 spiro atoms. The molecule has 0 radical (unpaired) electrons. The van der Waals surface area contributed by atoms with Gasteiger partial charge in [0.05, 0.1) is 10.6 Å². The van der Waals surface area contributed by atoms with Gasteiger partial charge in [0.2, 0.25) is 0 Å². The van der Waals surface area contributed by atoms with Gasteiger partial charge in [0.25, 0.3) is 5.91 Å². The topological polar surface area (TPSA) is 29.1 Å². The Kier molecular flexibility index (Phi) is 5.72. The molecule has 1 unspecified atom stereocenters. The normalized spacial score (nSPS) is 12.2. The van der Waals surface area contributed by atoms with Crippen molar-refractivity contribution >= 4 is 29.1 Å². The minimum atomic E-state index is -0.590. The lowest BCUT2D eigenvalue weighted by Gasteiger charge is -2.13. The van der Waals surface area contributed by atoms with Crippen molar-refractivity contribution in [1.29, 1.82) is 0 Å². The summed E-state index contributed by atoms with van der Waals surface area (Å²) < 4.78 is 13.2. The van der Waals surface area contributed by atoms with Gasteiger partial charge in [-0.2, -0.15) is 0 Å². The third-order valence-electron chi connectivity index (χ3n) is 2.34. The Morgan fingerprint density at radius 2 is 2.24 bits per heavy atom. The van der Waals surface area contributed by atoms with Gasteiger partial charge >= 0.3 is 0 Å². The predicted molar refractivity (Wildman–Crippen MR) is 68.3 cm³/mol. The van der Waals surface area contributed by atoms with Crippen molar-refractivity contribution in [2.45, 2.75) is 25.8 Å². The Morgan fingerprint density at radius 1 is 1.53 bits per heavy atom. The van der Waals surface area contributed by atoms with Crippen molar-refractivity contribution in [3.8, 4) is 0 Å². The van der Waals surface area contributed by atoms with Crippen molar-refractivity contribution in [3.63, 3.8) is 0 Å². The summed E-state index contributed by atoms with van der Waals surface area (Å²) in [5.74, 6) is -0.398. The maximum Gasteiger partial charge on any atom is 0.253 e. The number of benzene rings is 1. The van der Waals surface area contributed by atoms with Crippen LogP contribution in [0.2, 0.25) is 5.02 Å². The van der Waals surface area contributed by atoms with E-state index >= 15 is 0 Å². The molecule has 0 aliphatic carbocycles. The summed E-state index contributed by atoms with van der Waals surface area (Å²) in [5, 5.41) is 2.61. The highest BCUT2D eigenvalue weighted by molar-refractivity contribution is 6.34. The van der Waals surface area contributed by atoms with E-state index in [1.807, 2.05) is 6.92 Å². The summed E-state index contributed by atoms with van der Waals surface area (Å²) in [6.07, 6.45) is 1.60. The molecule has 0 bridgehead atoms. The van der Waals surface area contributed by atoms with Crippen LogP contribution in [0.3, 0.4) is 0 Å². The Hall–Kier alpha value is -0.800. The average Bonchev–Trinajstić information content (AvgIpc) is 2.29. The number of rotatable bonds is 5. The second-order valence-electron chi connectivity index (χ2n) is 3.81. The van der Waals surface area contributed by atoms with Crippen molar-refractivity contribution in [2.75, 3.05) is 5.88 Å². The largest absolute Gasteiger partial charge is 0.350 e. The van der Waals surface area contributed by atoms with E-state index in [4.69, 9.17) is 23.2 Å². The second kappa shape index (κ2) is 6.82. The minimum Gasteiger partial charge on any atom is -0.350 e. The highest BCUT2D eigenvalue weighted by atomic mass is 35.5. The molecule has 0 aromatic heterocycles. The quantitative estimate of drug-likeness (QED) is 0.819. The van der Waals surface area contributed by atoms with E-state index in [2.05, 4.69) is 5.32 Å². The zero-order chi connectivity index (χ0) is 12.8. The summed E-state index contributed by atoms with van der Waals surface area (Å²) >= 11 is 11.3. The van der Waals surface area contributed by atoms with Crippen molar-refractivity contribution in [2.24, 2.45) is 0 Å². The molecule has 5 heteroatoms. The molecular formula is C12H14Cl2FNO. The van der Waals surface area contributed by atoms with E-state index in [1.165, 1.54) is 18.2 Å². The summed E-state index contributed by atoms with van der Waals surface area (Å²) in [4.78, 5) is 11.8. The molecule has 1 aromatic rings. The lowest BCUT2D eigenvalue weighted by atomic mass is 10.1. The minimum absolute atomic E-state index is 0.0133. The van der Waals surface area contributed by atoms with Crippen LogP contribution in [0.5, 0.6) is 0 Å². The van der Waals surface area contributed by atoms with Crippen molar-refractivity contribution in [1.82, 2.24) is 5.32 Å². The summed E-state index contributed by atoms with van der Waals surface area (Å²) in [7, 11) is 0. The molecule has 1 rings (SSSR count). The number of carbonyl (C=O) groups is 1. The van der Waals surface area contributed by atoms with E-state index < -0.39 is 5.82 Å². The van der Waals surface area contributed by atoms with Gasteiger partial charge in [-0.15, -0.1) is 11.6 Å². The van der Waals surface area contributed by atoms with Gasteiger partial charge in [0.15, 0.2) is 0 Å². The van der Waals surface area contributed by atoms with Gasteiger partial charge in [-0.25, -0.2) is 4.39 Å². The van der Waals surface area contributed by atoms with Crippen LogP contribution >= 0.6 is 23.2 Å². The molecule has 0 aliphatic heterocycles. The Morgan fingerprint density at radius 3 is 2.88 bits per heavy atom. The third-order valence-corrected chi connectivity index (χ3v) is 3.00. The van der Waals surface area contributed by atoms with Crippen LogP contribution in [0.4, 0.5) is 4.39 Å². The number of carbonyl (C=O) groups excluding carboxylic acids is 1. The van der Waals surface area contributed by atoms with E-state index in [1.54, 1.807) is 0 Å². The zero-order valence-corrected chi connectivity index (χ0v) is 11.0. The lowest BCUT2D eigenvalue weighted by Crippen LogP contribution is -2.32. The first-order valence-electron chi connectivity index (χ1n) is 5.37. The second-order valence-corrected chi connectivity index (χ2v) is 4.56. The molecule has 1 amide bonds. The maximum absolute atomic E-state index is 13.2. The lowest BCUT2D eigenvalue weighted by molar-refractivity contribution is 0.0938. The third kappa shape index (κ3) is 4.17. The van der Waals surface area contributed by atoms with Gasteiger partial charge < -0.3 is 5.32 Å². The van der Waals surface area contributed by atoms with Gasteiger partial charge in [0, 0.05) is 11.9 Å². The number of nitrogens with one attached hydrogen (secondary N) is 1. The number of amides is 1. The highest BCUT2D eigenvalue weighted by Crippen LogP contribution is 2.19. The van der Waals surface area contributed by atoms with Gasteiger partial charge in [0.1, 0.15) is 5.82 Å². The maximum atomic E-state index is 13.2. The van der Waals surface area contributed by atoms with Crippen LogP contribution in [0.25, 0.3) is 0 Å². The summed E-state index contributed by atoms with van der Waals surface area (Å²) in [6, 6.07) is 4.16. The van der Waals surface area contributed by atoms with E-state index in [0.29, 0.717) is 5.88 Å². The molecule has 0 saturated carbocycles. The van der Waals surface area contributed by atoms with Crippen LogP contribution < -0.4 is 5.32 Å². The fourth-order valence-electron chi connectivity index (χ4n) is 1.44. The molecule has 1 aromatic carbocycles. The number of hydrogen-bond acceptors (Lipinski definition) is 1. The molecule has 17 heavy (non-hydrogen) atoms. The standard InChI is InChI=1S/C12H14Cl2FNO/c1-8(4-3-7-13)16-12(17)9-5-2-6-10(15)11(9)14/h2,5-6,8H,3-4,7H2,1H3,(H,16,17). The van der Waals surface area contributed by atoms with Gasteiger partial charge in [-0.3, -0.25) is 4.79 Å². The number of hydrogen-bond donors (Lipinski definition) is 1. The summed E-state index contributed by atoms with van der Waals surface area (Å²) in [6.45, 7) is 1.87. The predicted octanol–water partition coefficient (Wildman–Crippen LogP) is 3.62. The van der Waals surface area contributed by atoms with Gasteiger partial charge in [-0.1, -0.05) is 17.7 Å². The van der Waals surface area contributed by atoms with Crippen LogP contribution in [-0.2, 0) is 0 Å². The monoisotopic (exact) mass is 277 g/mol. The first kappa shape index (κ1) is 14.3. The zero-order valence-electron chi connectivity index (χ0n) is 9.47. The average molecular weight is 278 g/mol. The van der Waals surface area contributed by atoms with Crippen LogP contribution in [0.1, 0.15) is 30.1 Å². The molecule has 0 aliphatic rings. The van der Waals surface area contributed by atoms with Crippen LogP contribution in [-0.4, -0.2) is 17.8 Å². The Bertz CT molecular complexity index is 398. The molecule has 1 N–H and O–H groups in total. The van der Waals surface area contributed by atoms with Gasteiger partial charge in [-0.05, 0) is 31.9 Å². The first-order valence-corrected chi connectivity index (χ1v) is 6.28. The molecule has 0 fully saturated rings. The number of alkyl halides is 1. The van der Waals surface area contributed by atoms with Crippen LogP contribution in [0.15, 0.2) is 18.2 Å². The fourth-order valence-corrected chi connectivity index (χ4v) is 1.80. The molecule has 0 saturated heterocycles. The molecular weight excluding hydrogens is 264 g/mol. The Labute approximate surface area is 110 Å². The van der Waals surface area contributed by atoms with Crippen molar-refractivity contribution in [3.05, 3.63) is 34.6 Å². The molecule has 2 nitrogen and oxygen atoms in total. The Balaban J connectivity index is 2.67. The van der Waals surface area contributed by atoms with Crippen molar-refractivity contribution < 1.29 is 9.18 Å². The first-order chi connectivity index (χ1) is 8.06. The van der Waals surface area contributed by atoms with E-state index in [0.717, 1.165) is 12.8 Å². The smallest absolute Gasteiger partial charge is 0.253 e. The fraction of sp³-hybridized carbons (Fsp3) is 0.417. The SMILES string of the molecule is CC(CCCCl)NC(=O)c1cccc(F)c1Cl. The molecule has 94 valence electrons. The van der Waals surface area contributed by atoms with E-state index in [9.17, 15) is 9.18 Å².